The molecule has 1 aliphatic heterocycles. The van der Waals surface area contributed by atoms with Gasteiger partial charge in [-0.15, -0.1) is 0 Å². The molecule has 0 aromatic carbocycles. The number of hydrogen-bond donors (Lipinski definition) is 0. The van der Waals surface area contributed by atoms with Crippen LogP contribution in [-0.2, 0) is 13.6 Å². The molecule has 0 aliphatic carbocycles. The summed E-state index contributed by atoms with van der Waals surface area (Å²) in [6.07, 6.45) is 10.1. The average Bonchev–Trinajstić information content (AvgIpc) is 2.84. The van der Waals surface area contributed by atoms with Crippen molar-refractivity contribution in [3.63, 3.8) is 0 Å². The highest BCUT2D eigenvalue weighted by Gasteiger charge is 2.23. The fraction of sp³-hybridized carbons (Fsp3) is 0.304. The van der Waals surface area contributed by atoms with Crippen LogP contribution in [0.2, 0.25) is 0 Å². The summed E-state index contributed by atoms with van der Waals surface area (Å²) in [5.41, 5.74) is 1.94. The molecule has 9 heteroatoms. The Morgan fingerprint density at radius 1 is 1.06 bits per heavy atom. The third kappa shape index (κ3) is 3.77. The van der Waals surface area contributed by atoms with Crippen LogP contribution in [0.15, 0.2) is 65.0 Å². The lowest BCUT2D eigenvalue weighted by Gasteiger charge is -2.33. The predicted molar refractivity (Wildman–Crippen MR) is 121 cm³/mol. The zero-order chi connectivity index (χ0) is 22.1. The Morgan fingerprint density at radius 3 is 2.62 bits per heavy atom. The Bertz CT molecular complexity index is 1370. The third-order valence-corrected chi connectivity index (χ3v) is 6.04. The Labute approximate surface area is 184 Å². The Kier molecular flexibility index (Phi) is 5.22. The number of nitrogens with zero attached hydrogens (tertiary/aromatic N) is 7. The molecule has 1 fully saturated rings. The second kappa shape index (κ2) is 8.33. The summed E-state index contributed by atoms with van der Waals surface area (Å²) in [6.45, 7) is 2.17. The topological polar surface area (TPSA) is 98.8 Å². The van der Waals surface area contributed by atoms with E-state index in [-0.39, 0.29) is 11.1 Å². The van der Waals surface area contributed by atoms with Gasteiger partial charge in [0.25, 0.3) is 11.1 Å². The van der Waals surface area contributed by atoms with E-state index in [1.807, 2.05) is 12.1 Å². The van der Waals surface area contributed by atoms with Crippen LogP contribution in [0.1, 0.15) is 12.8 Å². The lowest BCUT2D eigenvalue weighted by Crippen LogP contribution is -2.39. The first-order valence-electron chi connectivity index (χ1n) is 10.6. The molecule has 5 heterocycles. The van der Waals surface area contributed by atoms with Crippen molar-refractivity contribution in [1.82, 2.24) is 29.1 Å². The maximum absolute atomic E-state index is 12.7. The van der Waals surface area contributed by atoms with E-state index in [1.165, 1.54) is 0 Å². The van der Waals surface area contributed by atoms with E-state index < -0.39 is 0 Å². The number of pyridine rings is 2. The van der Waals surface area contributed by atoms with Gasteiger partial charge in [0.2, 0.25) is 5.95 Å². The number of piperidine rings is 1. The SMILES string of the molecule is Cn1c(N2CCC(Cn3cnc(-c4cccnc4)cc3=O)CC2)nc2cnccc2c1=O. The van der Waals surface area contributed by atoms with Crippen LogP contribution in [0, 0.1) is 5.92 Å². The highest BCUT2D eigenvalue weighted by atomic mass is 16.1. The molecule has 0 spiro atoms. The summed E-state index contributed by atoms with van der Waals surface area (Å²) >= 11 is 0. The zero-order valence-electron chi connectivity index (χ0n) is 17.8. The number of anilines is 1. The molecule has 0 bridgehead atoms. The maximum atomic E-state index is 12.7. The summed E-state index contributed by atoms with van der Waals surface area (Å²) in [6, 6.07) is 6.98. The number of rotatable bonds is 4. The van der Waals surface area contributed by atoms with Crippen molar-refractivity contribution in [2.24, 2.45) is 13.0 Å². The molecule has 0 unspecified atom stereocenters. The van der Waals surface area contributed by atoms with Crippen LogP contribution in [0.25, 0.3) is 22.2 Å². The van der Waals surface area contributed by atoms with Gasteiger partial charge in [0.05, 0.1) is 29.1 Å². The summed E-state index contributed by atoms with van der Waals surface area (Å²) < 4.78 is 3.28. The van der Waals surface area contributed by atoms with Crippen molar-refractivity contribution >= 4 is 16.9 Å². The molecule has 0 radical (unpaired) electrons. The molecule has 9 nitrogen and oxygen atoms in total. The minimum Gasteiger partial charge on any atom is -0.342 e. The summed E-state index contributed by atoms with van der Waals surface area (Å²) in [4.78, 5) is 44.7. The molecule has 162 valence electrons. The van der Waals surface area contributed by atoms with E-state index in [1.54, 1.807) is 59.4 Å². The monoisotopic (exact) mass is 429 g/mol. The van der Waals surface area contributed by atoms with Crippen molar-refractivity contribution in [3.05, 3.63) is 76.1 Å². The van der Waals surface area contributed by atoms with E-state index in [9.17, 15) is 9.59 Å². The Morgan fingerprint density at radius 2 is 1.88 bits per heavy atom. The van der Waals surface area contributed by atoms with Crippen molar-refractivity contribution in [2.75, 3.05) is 18.0 Å². The Balaban J connectivity index is 1.29. The molecule has 32 heavy (non-hydrogen) atoms. The van der Waals surface area contributed by atoms with E-state index in [4.69, 9.17) is 0 Å². The fourth-order valence-electron chi connectivity index (χ4n) is 4.22. The fourth-order valence-corrected chi connectivity index (χ4v) is 4.22. The standard InChI is InChI=1S/C23H23N7O2/c1-28-22(32)18-4-8-25-13-20(18)27-23(28)29-9-5-16(6-10-29)14-30-15-26-19(11-21(30)31)17-3-2-7-24-12-17/h2-4,7-8,11-13,15-16H,5-6,9-10,14H2,1H3. The molecule has 4 aromatic heterocycles. The predicted octanol–water partition coefficient (Wildman–Crippen LogP) is 1.86. The van der Waals surface area contributed by atoms with Crippen molar-refractivity contribution in [1.29, 1.82) is 0 Å². The van der Waals surface area contributed by atoms with E-state index in [0.717, 1.165) is 31.5 Å². The van der Waals surface area contributed by atoms with Crippen LogP contribution in [0.3, 0.4) is 0 Å². The number of aromatic nitrogens is 6. The van der Waals surface area contributed by atoms with Crippen LogP contribution < -0.4 is 16.0 Å². The number of fused-ring (bicyclic) bond motifs is 1. The molecular weight excluding hydrogens is 406 g/mol. The van der Waals surface area contributed by atoms with Crippen LogP contribution in [0.4, 0.5) is 5.95 Å². The summed E-state index contributed by atoms with van der Waals surface area (Å²) in [7, 11) is 1.76. The largest absolute Gasteiger partial charge is 0.342 e. The highest BCUT2D eigenvalue weighted by Crippen LogP contribution is 2.23. The van der Waals surface area contributed by atoms with Gasteiger partial charge in [-0.2, -0.15) is 0 Å². The van der Waals surface area contributed by atoms with Gasteiger partial charge in [-0.05, 0) is 37.0 Å². The summed E-state index contributed by atoms with van der Waals surface area (Å²) in [5.74, 6) is 1.02. The lowest BCUT2D eigenvalue weighted by molar-refractivity contribution is 0.348. The molecular formula is C23H23N7O2. The normalized spacial score (nSPS) is 14.7. The smallest absolute Gasteiger partial charge is 0.262 e. The minimum atomic E-state index is -0.0687. The first kappa shape index (κ1) is 20.0. The molecule has 0 saturated carbocycles. The van der Waals surface area contributed by atoms with Gasteiger partial charge in [-0.1, -0.05) is 0 Å². The van der Waals surface area contributed by atoms with Gasteiger partial charge in [0.1, 0.15) is 0 Å². The average molecular weight is 429 g/mol. The van der Waals surface area contributed by atoms with Gasteiger partial charge in [-0.3, -0.25) is 28.7 Å². The third-order valence-electron chi connectivity index (χ3n) is 6.04. The lowest BCUT2D eigenvalue weighted by atomic mass is 9.97. The Hall–Kier alpha value is -3.88. The molecule has 4 aromatic rings. The van der Waals surface area contributed by atoms with Crippen LogP contribution >= 0.6 is 0 Å². The van der Waals surface area contributed by atoms with Crippen LogP contribution in [0.5, 0.6) is 0 Å². The highest BCUT2D eigenvalue weighted by molar-refractivity contribution is 5.77. The van der Waals surface area contributed by atoms with Gasteiger partial charge < -0.3 is 4.90 Å². The minimum absolute atomic E-state index is 0.0626. The first-order valence-corrected chi connectivity index (χ1v) is 10.6. The van der Waals surface area contributed by atoms with Crippen LogP contribution in [-0.4, -0.2) is 42.2 Å². The number of hydrogen-bond acceptors (Lipinski definition) is 7. The van der Waals surface area contributed by atoms with Gasteiger partial charge in [0, 0.05) is 56.9 Å². The van der Waals surface area contributed by atoms with Crippen molar-refractivity contribution < 1.29 is 0 Å². The molecule has 0 amide bonds. The molecule has 0 atom stereocenters. The van der Waals surface area contributed by atoms with Gasteiger partial charge in [0.15, 0.2) is 0 Å². The maximum Gasteiger partial charge on any atom is 0.262 e. The summed E-state index contributed by atoms with van der Waals surface area (Å²) in [5, 5.41) is 0.572. The second-order valence-electron chi connectivity index (χ2n) is 8.11. The van der Waals surface area contributed by atoms with Crippen molar-refractivity contribution in [2.45, 2.75) is 19.4 Å². The molecule has 1 aliphatic rings. The molecule has 0 N–H and O–H groups in total. The first-order chi connectivity index (χ1) is 15.6. The van der Waals surface area contributed by atoms with E-state index >= 15 is 0 Å². The second-order valence-corrected chi connectivity index (χ2v) is 8.11. The molecule has 1 saturated heterocycles. The van der Waals surface area contributed by atoms with Crippen molar-refractivity contribution in [3.8, 4) is 11.3 Å². The van der Waals surface area contributed by atoms with E-state index in [0.29, 0.717) is 35.0 Å². The quantitative estimate of drug-likeness (QED) is 0.488. The van der Waals surface area contributed by atoms with E-state index in [2.05, 4.69) is 24.8 Å². The van der Waals surface area contributed by atoms with Gasteiger partial charge >= 0.3 is 0 Å². The molecule has 5 rings (SSSR count). The van der Waals surface area contributed by atoms with Gasteiger partial charge in [-0.25, -0.2) is 9.97 Å². The zero-order valence-corrected chi connectivity index (χ0v) is 17.8.